The number of rotatable bonds is 7. The average molecular weight is 326 g/mol. The molecule has 0 aliphatic heterocycles. The average Bonchev–Trinajstić information content (AvgIpc) is 2.45. The smallest absolute Gasteiger partial charge is 0.123 e. The summed E-state index contributed by atoms with van der Waals surface area (Å²) >= 11 is 11.9. The fourth-order valence-corrected chi connectivity index (χ4v) is 2.57. The van der Waals surface area contributed by atoms with E-state index in [0.29, 0.717) is 29.7 Å². The van der Waals surface area contributed by atoms with E-state index < -0.39 is 0 Å². The molecule has 0 aliphatic carbocycles. The van der Waals surface area contributed by atoms with Crippen LogP contribution in [-0.2, 0) is 13.1 Å². The van der Waals surface area contributed by atoms with E-state index in [-0.39, 0.29) is 6.61 Å². The minimum Gasteiger partial charge on any atom is -0.491 e. The van der Waals surface area contributed by atoms with Crippen molar-refractivity contribution in [3.05, 3.63) is 63.6 Å². The fraction of sp³-hybridized carbons (Fsp3) is 0.250. The van der Waals surface area contributed by atoms with Gasteiger partial charge in [-0.1, -0.05) is 41.4 Å². The Bertz CT molecular complexity index is 570. The van der Waals surface area contributed by atoms with Gasteiger partial charge in [-0.05, 0) is 29.8 Å². The van der Waals surface area contributed by atoms with Crippen LogP contribution < -0.4 is 10.1 Å². The highest BCUT2D eigenvalue weighted by Crippen LogP contribution is 2.20. The Morgan fingerprint density at radius 2 is 1.71 bits per heavy atom. The number of para-hydroxylation sites is 1. The summed E-state index contributed by atoms with van der Waals surface area (Å²) in [5.74, 6) is 0.781. The maximum absolute atomic E-state index is 8.83. The van der Waals surface area contributed by atoms with Gasteiger partial charge in [-0.15, -0.1) is 0 Å². The van der Waals surface area contributed by atoms with Crippen molar-refractivity contribution in [2.45, 2.75) is 13.1 Å². The minimum atomic E-state index is 0.00275. The number of aliphatic hydroxyl groups is 1. The second-order valence-corrected chi connectivity index (χ2v) is 5.43. The first-order chi connectivity index (χ1) is 10.2. The third-order valence-corrected chi connectivity index (χ3v) is 3.32. The molecule has 0 aliphatic rings. The van der Waals surface area contributed by atoms with E-state index in [9.17, 15) is 0 Å². The first-order valence-electron chi connectivity index (χ1n) is 6.66. The van der Waals surface area contributed by atoms with E-state index in [1.165, 1.54) is 0 Å². The van der Waals surface area contributed by atoms with Crippen molar-refractivity contribution in [2.75, 3.05) is 13.2 Å². The molecule has 0 aromatic heterocycles. The van der Waals surface area contributed by atoms with Gasteiger partial charge in [0.1, 0.15) is 12.4 Å². The molecule has 0 saturated carbocycles. The Kier molecular flexibility index (Phi) is 6.33. The Labute approximate surface area is 134 Å². The molecule has 2 rings (SSSR count). The van der Waals surface area contributed by atoms with Gasteiger partial charge in [-0.2, -0.15) is 0 Å². The molecule has 2 aromatic carbocycles. The first-order valence-corrected chi connectivity index (χ1v) is 7.42. The van der Waals surface area contributed by atoms with Gasteiger partial charge in [0.05, 0.1) is 6.61 Å². The molecule has 0 saturated heterocycles. The zero-order chi connectivity index (χ0) is 15.1. The molecule has 0 fully saturated rings. The monoisotopic (exact) mass is 325 g/mol. The summed E-state index contributed by atoms with van der Waals surface area (Å²) < 4.78 is 5.50. The van der Waals surface area contributed by atoms with Crippen LogP contribution in [0.15, 0.2) is 42.5 Å². The molecule has 0 atom stereocenters. The Hall–Kier alpha value is -1.26. The van der Waals surface area contributed by atoms with E-state index in [0.717, 1.165) is 16.9 Å². The van der Waals surface area contributed by atoms with Crippen LogP contribution >= 0.6 is 23.2 Å². The number of aliphatic hydroxyl groups excluding tert-OH is 1. The van der Waals surface area contributed by atoms with E-state index in [1.54, 1.807) is 6.07 Å². The van der Waals surface area contributed by atoms with Crippen molar-refractivity contribution in [2.24, 2.45) is 0 Å². The molecule has 2 N–H and O–H groups in total. The van der Waals surface area contributed by atoms with Crippen LogP contribution in [0.3, 0.4) is 0 Å². The number of benzene rings is 2. The largest absolute Gasteiger partial charge is 0.491 e. The summed E-state index contributed by atoms with van der Waals surface area (Å²) in [5.41, 5.74) is 2.07. The van der Waals surface area contributed by atoms with E-state index in [4.69, 9.17) is 33.0 Å². The molecule has 2 aromatic rings. The molecule has 112 valence electrons. The molecule has 0 bridgehead atoms. The first kappa shape index (κ1) is 16.1. The third-order valence-electron chi connectivity index (χ3n) is 2.89. The fourth-order valence-electron chi connectivity index (χ4n) is 2.00. The highest BCUT2D eigenvalue weighted by atomic mass is 35.5. The molecule has 0 radical (unpaired) electrons. The van der Waals surface area contributed by atoms with Crippen molar-refractivity contribution >= 4 is 23.2 Å². The molecule has 5 heteroatoms. The van der Waals surface area contributed by atoms with Crippen LogP contribution in [0.25, 0.3) is 0 Å². The van der Waals surface area contributed by atoms with E-state index >= 15 is 0 Å². The van der Waals surface area contributed by atoms with Crippen LogP contribution in [0.1, 0.15) is 11.1 Å². The molecule has 0 unspecified atom stereocenters. The van der Waals surface area contributed by atoms with Gasteiger partial charge < -0.3 is 15.2 Å². The molecular weight excluding hydrogens is 309 g/mol. The van der Waals surface area contributed by atoms with Crippen LogP contribution in [0.2, 0.25) is 10.0 Å². The van der Waals surface area contributed by atoms with Crippen molar-refractivity contribution in [1.29, 1.82) is 0 Å². The lowest BCUT2D eigenvalue weighted by Gasteiger charge is -2.11. The van der Waals surface area contributed by atoms with Crippen LogP contribution in [-0.4, -0.2) is 18.3 Å². The standard InChI is InChI=1S/C16H17Cl2NO2/c17-14-7-12(8-15(18)9-14)10-19-11-13-3-1-2-4-16(13)21-6-5-20/h1-4,7-9,19-20H,5-6,10-11H2. The van der Waals surface area contributed by atoms with Crippen molar-refractivity contribution in [1.82, 2.24) is 5.32 Å². The molecule has 0 amide bonds. The number of halogens is 2. The quantitative estimate of drug-likeness (QED) is 0.816. The lowest BCUT2D eigenvalue weighted by molar-refractivity contribution is 0.200. The summed E-state index contributed by atoms with van der Waals surface area (Å²) in [6.07, 6.45) is 0. The van der Waals surface area contributed by atoms with Gasteiger partial charge in [0.25, 0.3) is 0 Å². The predicted molar refractivity (Wildman–Crippen MR) is 86.0 cm³/mol. The lowest BCUT2D eigenvalue weighted by Crippen LogP contribution is -2.14. The normalized spacial score (nSPS) is 10.6. The zero-order valence-electron chi connectivity index (χ0n) is 11.5. The van der Waals surface area contributed by atoms with Gasteiger partial charge in [0.2, 0.25) is 0 Å². The van der Waals surface area contributed by atoms with Crippen molar-refractivity contribution in [3.8, 4) is 5.75 Å². The third kappa shape index (κ3) is 5.21. The van der Waals surface area contributed by atoms with Crippen molar-refractivity contribution in [3.63, 3.8) is 0 Å². The predicted octanol–water partition coefficient (Wildman–Crippen LogP) is 3.65. The van der Waals surface area contributed by atoms with E-state index in [1.807, 2.05) is 36.4 Å². The SMILES string of the molecule is OCCOc1ccccc1CNCc1cc(Cl)cc(Cl)c1. The molecule has 3 nitrogen and oxygen atoms in total. The molecule has 0 heterocycles. The second-order valence-electron chi connectivity index (χ2n) is 4.56. The van der Waals surface area contributed by atoms with E-state index in [2.05, 4.69) is 5.32 Å². The van der Waals surface area contributed by atoms with Gasteiger partial charge in [-0.25, -0.2) is 0 Å². The summed E-state index contributed by atoms with van der Waals surface area (Å²) in [7, 11) is 0. The zero-order valence-corrected chi connectivity index (χ0v) is 13.0. The summed E-state index contributed by atoms with van der Waals surface area (Å²) in [6.45, 7) is 1.62. The Morgan fingerprint density at radius 3 is 2.43 bits per heavy atom. The van der Waals surface area contributed by atoms with Gasteiger partial charge in [-0.3, -0.25) is 0 Å². The minimum absolute atomic E-state index is 0.00275. The Morgan fingerprint density at radius 1 is 1.00 bits per heavy atom. The summed E-state index contributed by atoms with van der Waals surface area (Å²) in [6, 6.07) is 13.2. The van der Waals surface area contributed by atoms with Crippen LogP contribution in [0, 0.1) is 0 Å². The molecule has 0 spiro atoms. The van der Waals surface area contributed by atoms with Crippen molar-refractivity contribution < 1.29 is 9.84 Å². The summed E-state index contributed by atoms with van der Waals surface area (Å²) in [4.78, 5) is 0. The maximum Gasteiger partial charge on any atom is 0.123 e. The number of hydrogen-bond donors (Lipinski definition) is 2. The van der Waals surface area contributed by atoms with Gasteiger partial charge in [0.15, 0.2) is 0 Å². The van der Waals surface area contributed by atoms with Crippen LogP contribution in [0.4, 0.5) is 0 Å². The number of nitrogens with one attached hydrogen (secondary N) is 1. The topological polar surface area (TPSA) is 41.5 Å². The second kappa shape index (κ2) is 8.25. The lowest BCUT2D eigenvalue weighted by atomic mass is 10.2. The van der Waals surface area contributed by atoms with Gasteiger partial charge in [0, 0.05) is 28.7 Å². The number of ether oxygens (including phenoxy) is 1. The molecule has 21 heavy (non-hydrogen) atoms. The number of hydrogen-bond acceptors (Lipinski definition) is 3. The maximum atomic E-state index is 8.83. The highest BCUT2D eigenvalue weighted by Gasteiger charge is 2.03. The van der Waals surface area contributed by atoms with Crippen LogP contribution in [0.5, 0.6) is 5.75 Å². The summed E-state index contributed by atoms with van der Waals surface area (Å²) in [5, 5.41) is 13.4. The van der Waals surface area contributed by atoms with Gasteiger partial charge >= 0.3 is 0 Å². The molecular formula is C16H17Cl2NO2. The Balaban J connectivity index is 1.94. The highest BCUT2D eigenvalue weighted by molar-refractivity contribution is 6.34.